The minimum absolute atomic E-state index is 0.733. The van der Waals surface area contributed by atoms with Gasteiger partial charge < -0.3 is 0 Å². The van der Waals surface area contributed by atoms with Gasteiger partial charge in [0.2, 0.25) is 0 Å². The van der Waals surface area contributed by atoms with Crippen LogP contribution in [0.2, 0.25) is 0 Å². The quantitative estimate of drug-likeness (QED) is 0.214. The van der Waals surface area contributed by atoms with E-state index in [1.807, 2.05) is 47.2 Å². The van der Waals surface area contributed by atoms with Gasteiger partial charge in [0.05, 0.1) is 0 Å². The van der Waals surface area contributed by atoms with Crippen LogP contribution in [-0.4, -0.2) is 20.2 Å². The Morgan fingerprint density at radius 1 is 0.962 bits per heavy atom. The van der Waals surface area contributed by atoms with E-state index < -0.39 is 0 Å². The number of thiol groups is 1. The second-order valence-corrected chi connectivity index (χ2v) is 7.85. The van der Waals surface area contributed by atoms with Crippen molar-refractivity contribution in [1.82, 2.24) is 0 Å². The molecule has 8 heteroatoms. The fraction of sp³-hybridized carbons (Fsp3) is 0. The van der Waals surface area contributed by atoms with Gasteiger partial charge >= 0.3 is 24.8 Å². The second kappa shape index (κ2) is 10.5. The first kappa shape index (κ1) is 20.7. The van der Waals surface area contributed by atoms with Gasteiger partial charge in [0.25, 0.3) is 0 Å². The molecule has 4 aromatic rings. The molecule has 0 atom stereocenters. The summed E-state index contributed by atoms with van der Waals surface area (Å²) in [4.78, 5) is 20.8. The summed E-state index contributed by atoms with van der Waals surface area (Å²) < 4.78 is 6.11. The molecule has 26 heavy (non-hydrogen) atoms. The summed E-state index contributed by atoms with van der Waals surface area (Å²) in [5.74, 6) is 0. The number of carbonyl (C=O) groups is 2. The van der Waals surface area contributed by atoms with Gasteiger partial charge in [-0.3, -0.25) is 9.59 Å². The third kappa shape index (κ3) is 5.44. The van der Waals surface area contributed by atoms with Gasteiger partial charge in [-0.15, -0.1) is 22.7 Å². The second-order valence-electron chi connectivity index (χ2n) is 4.91. The third-order valence-electron chi connectivity index (χ3n) is 3.30. The molecule has 129 valence electrons. The first-order valence-corrected chi connectivity index (χ1v) is 10.2. The molecule has 2 heterocycles. The minimum atomic E-state index is 0.733. The maximum atomic E-state index is 10.4. The zero-order valence-corrected chi connectivity index (χ0v) is 17.4. The molecule has 4 rings (SSSR count). The van der Waals surface area contributed by atoms with E-state index in [-0.39, 0.29) is 0 Å². The van der Waals surface area contributed by atoms with Crippen LogP contribution in [0.1, 0.15) is 20.7 Å². The first-order valence-electron chi connectivity index (χ1n) is 7.21. The molecular weight excluding hydrogens is 449 g/mol. The van der Waals surface area contributed by atoms with Gasteiger partial charge in [-0.25, -0.2) is 0 Å². The summed E-state index contributed by atoms with van der Waals surface area (Å²) in [5.41, 5.74) is 1.48. The molecule has 0 saturated heterocycles. The predicted molar refractivity (Wildman–Crippen MR) is 119 cm³/mol. The van der Waals surface area contributed by atoms with Gasteiger partial charge in [-0.05, 0) is 44.9 Å². The number of fused-ring (bicyclic) bond motifs is 2. The Morgan fingerprint density at radius 3 is 2.23 bits per heavy atom. The number of aldehydes is 2. The maximum absolute atomic E-state index is 10.4. The molecule has 3 nitrogen and oxygen atoms in total. The predicted octanol–water partition coefficient (Wildman–Crippen LogP) is 6.37. The van der Waals surface area contributed by atoms with E-state index in [0.717, 1.165) is 32.9 Å². The SMILES string of the molecule is O=Cc1ccc2c(Br)csc2c1.O=Cc1ccc2ccsc2c1.[B]=NS. The van der Waals surface area contributed by atoms with E-state index in [9.17, 15) is 9.59 Å². The van der Waals surface area contributed by atoms with Gasteiger partial charge in [0.1, 0.15) is 12.6 Å². The van der Waals surface area contributed by atoms with Crippen LogP contribution in [-0.2, 0) is 0 Å². The van der Waals surface area contributed by atoms with Crippen molar-refractivity contribution in [3.63, 3.8) is 0 Å². The summed E-state index contributed by atoms with van der Waals surface area (Å²) >= 11 is 9.92. The average molecular weight is 461 g/mol. The summed E-state index contributed by atoms with van der Waals surface area (Å²) in [6, 6.07) is 13.4. The van der Waals surface area contributed by atoms with E-state index in [4.69, 9.17) is 0 Å². The van der Waals surface area contributed by atoms with Gasteiger partial charge in [0, 0.05) is 35.8 Å². The zero-order valence-electron chi connectivity index (χ0n) is 13.3. The van der Waals surface area contributed by atoms with Crippen LogP contribution in [0.4, 0.5) is 0 Å². The van der Waals surface area contributed by atoms with Crippen LogP contribution in [0.3, 0.4) is 0 Å². The van der Waals surface area contributed by atoms with Crippen LogP contribution < -0.4 is 0 Å². The first-order chi connectivity index (χ1) is 12.6. The summed E-state index contributed by atoms with van der Waals surface area (Å²) in [6.45, 7) is 0. The molecule has 0 saturated carbocycles. The van der Waals surface area contributed by atoms with E-state index in [2.05, 4.69) is 46.8 Å². The molecular formula is C18H12BBrNO2S3. The van der Waals surface area contributed by atoms with Crippen LogP contribution in [0.15, 0.2) is 62.0 Å². The normalized spacial score (nSPS) is 9.58. The Labute approximate surface area is 173 Å². The standard InChI is InChI=1S/C9H5BrOS.C9H6OS.BHNS/c10-8-5-12-9-3-6(4-11)1-2-7(8)9;10-6-7-1-2-8-3-4-11-9(8)5-7;1-2-3/h1-5H;1-6H;3H. The summed E-state index contributed by atoms with van der Waals surface area (Å²) in [7, 11) is 4.34. The molecule has 0 amide bonds. The average Bonchev–Trinajstić information content (AvgIpc) is 3.28. The van der Waals surface area contributed by atoms with Crippen molar-refractivity contribution in [3.8, 4) is 0 Å². The molecule has 0 aliphatic heterocycles. The van der Waals surface area contributed by atoms with Gasteiger partial charge in [0.15, 0.2) is 0 Å². The van der Waals surface area contributed by atoms with E-state index in [1.54, 1.807) is 22.7 Å². The van der Waals surface area contributed by atoms with Gasteiger partial charge in [-0.2, -0.15) is 0 Å². The number of thiophene rings is 2. The van der Waals surface area contributed by atoms with Crippen molar-refractivity contribution >= 4 is 91.8 Å². The number of nitrogens with zero attached hydrogens (tertiary/aromatic N) is 1. The van der Waals surface area contributed by atoms with E-state index in [0.29, 0.717) is 0 Å². The van der Waals surface area contributed by atoms with E-state index >= 15 is 0 Å². The van der Waals surface area contributed by atoms with Crippen molar-refractivity contribution in [3.05, 3.63) is 68.8 Å². The molecule has 0 N–H and O–H groups in total. The summed E-state index contributed by atoms with van der Waals surface area (Å²) in [6.07, 6.45) is 1.74. The van der Waals surface area contributed by atoms with Gasteiger partial charge in [-0.1, -0.05) is 24.3 Å². The number of carbonyl (C=O) groups excluding carboxylic acids is 2. The van der Waals surface area contributed by atoms with Crippen molar-refractivity contribution in [2.24, 2.45) is 4.30 Å². The van der Waals surface area contributed by atoms with Crippen LogP contribution in [0, 0.1) is 0 Å². The Kier molecular flexibility index (Phi) is 8.38. The Balaban J connectivity index is 0.000000163. The molecule has 0 spiro atoms. The fourth-order valence-electron chi connectivity index (χ4n) is 2.13. The Bertz CT molecular complexity index is 1050. The molecule has 0 aliphatic rings. The topological polar surface area (TPSA) is 46.5 Å². The van der Waals surface area contributed by atoms with Crippen molar-refractivity contribution in [1.29, 1.82) is 0 Å². The van der Waals surface area contributed by atoms with Crippen LogP contribution in [0.25, 0.3) is 20.2 Å². The molecule has 0 unspecified atom stereocenters. The molecule has 2 aromatic heterocycles. The third-order valence-corrected chi connectivity index (χ3v) is 6.09. The van der Waals surface area contributed by atoms with Crippen molar-refractivity contribution in [2.75, 3.05) is 0 Å². The molecule has 1 radical (unpaired) electrons. The summed E-state index contributed by atoms with van der Waals surface area (Å²) in [5, 5.41) is 6.43. The molecule has 0 fully saturated rings. The molecule has 2 aromatic carbocycles. The fourth-order valence-corrected chi connectivity index (χ4v) is 4.59. The van der Waals surface area contributed by atoms with Crippen molar-refractivity contribution < 1.29 is 9.59 Å². The van der Waals surface area contributed by atoms with Crippen LogP contribution in [0.5, 0.6) is 0 Å². The van der Waals surface area contributed by atoms with E-state index in [1.165, 1.54) is 15.5 Å². The Morgan fingerprint density at radius 2 is 1.58 bits per heavy atom. The number of benzene rings is 2. The molecule has 0 bridgehead atoms. The number of hydrogen-bond donors (Lipinski definition) is 1. The zero-order chi connectivity index (χ0) is 18.9. The van der Waals surface area contributed by atoms with Crippen molar-refractivity contribution in [2.45, 2.75) is 0 Å². The Hall–Kier alpha value is -1.61. The number of halogens is 1. The molecule has 0 aliphatic carbocycles. The monoisotopic (exact) mass is 460 g/mol. The van der Waals surface area contributed by atoms with Crippen LogP contribution >= 0.6 is 51.4 Å². The number of rotatable bonds is 2. The number of hydrogen-bond acceptors (Lipinski definition) is 6.